The van der Waals surface area contributed by atoms with Crippen LogP contribution in [0, 0.1) is 12.7 Å². The maximum absolute atomic E-state index is 13.0. The molecule has 0 spiro atoms. The van der Waals surface area contributed by atoms with Gasteiger partial charge < -0.3 is 10.1 Å². The molecule has 1 N–H and O–H groups in total. The van der Waals surface area contributed by atoms with Gasteiger partial charge in [0.15, 0.2) is 0 Å². The van der Waals surface area contributed by atoms with Crippen LogP contribution in [0.5, 0.6) is 0 Å². The lowest BCUT2D eigenvalue weighted by Gasteiger charge is -2.25. The minimum Gasteiger partial charge on any atom is -0.377 e. The van der Waals surface area contributed by atoms with E-state index in [1.165, 1.54) is 6.07 Å². The van der Waals surface area contributed by atoms with Gasteiger partial charge in [-0.25, -0.2) is 4.39 Å². The maximum atomic E-state index is 13.0. The van der Waals surface area contributed by atoms with Gasteiger partial charge >= 0.3 is 0 Å². The van der Waals surface area contributed by atoms with Crippen molar-refractivity contribution in [2.24, 2.45) is 0 Å². The van der Waals surface area contributed by atoms with Gasteiger partial charge in [0.05, 0.1) is 12.1 Å². The van der Waals surface area contributed by atoms with Crippen LogP contribution in [0.25, 0.3) is 0 Å². The molecule has 0 saturated carbocycles. The molecule has 0 aliphatic rings. The Kier molecular flexibility index (Phi) is 4.90. The number of hydrogen-bond donors (Lipinski definition) is 1. The third-order valence-corrected chi connectivity index (χ3v) is 2.78. The summed E-state index contributed by atoms with van der Waals surface area (Å²) in [5.41, 5.74) is 2.04. The molecule has 0 amide bonds. The second kappa shape index (κ2) is 5.97. The molecule has 1 aromatic rings. The van der Waals surface area contributed by atoms with Crippen LogP contribution in [0.4, 0.5) is 4.39 Å². The Labute approximate surface area is 96.8 Å². The Morgan fingerprint density at radius 2 is 2.12 bits per heavy atom. The van der Waals surface area contributed by atoms with Gasteiger partial charge in [0.1, 0.15) is 5.82 Å². The van der Waals surface area contributed by atoms with Crippen LogP contribution in [0.3, 0.4) is 0 Å². The third kappa shape index (κ3) is 3.03. The first-order valence-corrected chi connectivity index (χ1v) is 5.65. The number of hydrogen-bond acceptors (Lipinski definition) is 2. The first kappa shape index (κ1) is 13.1. The van der Waals surface area contributed by atoms with Gasteiger partial charge in [-0.1, -0.05) is 6.07 Å². The summed E-state index contributed by atoms with van der Waals surface area (Å²) in [4.78, 5) is 0. The topological polar surface area (TPSA) is 21.3 Å². The maximum Gasteiger partial charge on any atom is 0.123 e. The van der Waals surface area contributed by atoms with E-state index in [0.29, 0.717) is 6.61 Å². The molecular weight excluding hydrogens is 205 g/mol. The SMILES string of the molecule is CCOC(C)C(NC)c1ccc(F)cc1C. The molecule has 0 aliphatic carbocycles. The summed E-state index contributed by atoms with van der Waals surface area (Å²) in [5, 5.41) is 3.22. The fourth-order valence-electron chi connectivity index (χ4n) is 1.99. The molecule has 0 fully saturated rings. The average Bonchev–Trinajstić information content (AvgIpc) is 2.22. The van der Waals surface area contributed by atoms with Crippen molar-refractivity contribution in [1.29, 1.82) is 0 Å². The zero-order valence-electron chi connectivity index (χ0n) is 10.4. The molecule has 3 heteroatoms. The van der Waals surface area contributed by atoms with Crippen molar-refractivity contribution in [2.45, 2.75) is 32.9 Å². The van der Waals surface area contributed by atoms with Crippen molar-refractivity contribution in [3.8, 4) is 0 Å². The molecule has 0 radical (unpaired) electrons. The van der Waals surface area contributed by atoms with E-state index in [2.05, 4.69) is 5.32 Å². The molecular formula is C13H20FNO. The molecule has 0 bridgehead atoms. The number of ether oxygens (including phenoxy) is 1. The zero-order chi connectivity index (χ0) is 12.1. The van der Waals surface area contributed by atoms with Crippen LogP contribution in [0.2, 0.25) is 0 Å². The molecule has 0 aromatic heterocycles. The van der Waals surface area contributed by atoms with E-state index in [1.54, 1.807) is 6.07 Å². The predicted octanol–water partition coefficient (Wildman–Crippen LogP) is 2.82. The summed E-state index contributed by atoms with van der Waals surface area (Å²) in [6.07, 6.45) is 0.0687. The number of nitrogens with one attached hydrogen (secondary N) is 1. The largest absolute Gasteiger partial charge is 0.377 e. The molecule has 2 atom stereocenters. The lowest BCUT2D eigenvalue weighted by atomic mass is 9.97. The fraction of sp³-hybridized carbons (Fsp3) is 0.538. The van der Waals surface area contributed by atoms with E-state index in [-0.39, 0.29) is 18.0 Å². The van der Waals surface area contributed by atoms with Gasteiger partial charge in [-0.15, -0.1) is 0 Å². The van der Waals surface area contributed by atoms with Crippen LogP contribution >= 0.6 is 0 Å². The Morgan fingerprint density at radius 3 is 2.62 bits per heavy atom. The van der Waals surface area contributed by atoms with Crippen molar-refractivity contribution in [3.63, 3.8) is 0 Å². The van der Waals surface area contributed by atoms with Crippen molar-refractivity contribution < 1.29 is 9.13 Å². The van der Waals surface area contributed by atoms with E-state index in [4.69, 9.17) is 4.74 Å². The van der Waals surface area contributed by atoms with E-state index in [9.17, 15) is 4.39 Å². The minimum atomic E-state index is -0.194. The molecule has 0 heterocycles. The zero-order valence-corrected chi connectivity index (χ0v) is 10.4. The van der Waals surface area contributed by atoms with E-state index in [1.807, 2.05) is 33.9 Å². The Balaban J connectivity index is 2.94. The smallest absolute Gasteiger partial charge is 0.123 e. The number of halogens is 1. The van der Waals surface area contributed by atoms with Gasteiger partial charge in [-0.2, -0.15) is 0 Å². The van der Waals surface area contributed by atoms with E-state index in [0.717, 1.165) is 11.1 Å². The van der Waals surface area contributed by atoms with Crippen LogP contribution in [0.15, 0.2) is 18.2 Å². The summed E-state index contributed by atoms with van der Waals surface area (Å²) in [6.45, 7) is 6.59. The second-order valence-corrected chi connectivity index (χ2v) is 3.93. The summed E-state index contributed by atoms with van der Waals surface area (Å²) < 4.78 is 18.6. The highest BCUT2D eigenvalue weighted by molar-refractivity contribution is 5.30. The molecule has 0 aliphatic heterocycles. The van der Waals surface area contributed by atoms with E-state index >= 15 is 0 Å². The lowest BCUT2D eigenvalue weighted by molar-refractivity contribution is 0.0491. The Hall–Kier alpha value is -0.930. The predicted molar refractivity (Wildman–Crippen MR) is 64.0 cm³/mol. The van der Waals surface area contributed by atoms with Crippen LogP contribution in [-0.2, 0) is 4.74 Å². The minimum absolute atomic E-state index is 0.0687. The summed E-state index contributed by atoms with van der Waals surface area (Å²) in [5.74, 6) is -0.194. The summed E-state index contributed by atoms with van der Waals surface area (Å²) >= 11 is 0. The fourth-order valence-corrected chi connectivity index (χ4v) is 1.99. The normalized spacial score (nSPS) is 14.8. The highest BCUT2D eigenvalue weighted by Crippen LogP contribution is 2.23. The monoisotopic (exact) mass is 225 g/mol. The first-order chi connectivity index (χ1) is 7.60. The molecule has 90 valence electrons. The van der Waals surface area contributed by atoms with Crippen LogP contribution < -0.4 is 5.32 Å². The van der Waals surface area contributed by atoms with Crippen molar-refractivity contribution in [1.82, 2.24) is 5.32 Å². The highest BCUT2D eigenvalue weighted by atomic mass is 19.1. The lowest BCUT2D eigenvalue weighted by Crippen LogP contribution is -2.30. The molecule has 0 saturated heterocycles. The number of rotatable bonds is 5. The van der Waals surface area contributed by atoms with Crippen molar-refractivity contribution in [2.75, 3.05) is 13.7 Å². The highest BCUT2D eigenvalue weighted by Gasteiger charge is 2.19. The second-order valence-electron chi connectivity index (χ2n) is 3.93. The quantitative estimate of drug-likeness (QED) is 0.832. The summed E-state index contributed by atoms with van der Waals surface area (Å²) in [6, 6.07) is 4.96. The van der Waals surface area contributed by atoms with Crippen molar-refractivity contribution in [3.05, 3.63) is 35.1 Å². The van der Waals surface area contributed by atoms with Gasteiger partial charge in [0, 0.05) is 6.61 Å². The van der Waals surface area contributed by atoms with Gasteiger partial charge in [-0.3, -0.25) is 0 Å². The van der Waals surface area contributed by atoms with Gasteiger partial charge in [0.2, 0.25) is 0 Å². The standard InChI is InChI=1S/C13H20FNO/c1-5-16-10(3)13(15-4)12-7-6-11(14)8-9(12)2/h6-8,10,13,15H,5H2,1-4H3. The Bertz CT molecular complexity index is 341. The van der Waals surface area contributed by atoms with Gasteiger partial charge in [-0.05, 0) is 51.1 Å². The molecule has 16 heavy (non-hydrogen) atoms. The Morgan fingerprint density at radius 1 is 1.44 bits per heavy atom. The first-order valence-electron chi connectivity index (χ1n) is 5.65. The molecule has 2 unspecified atom stereocenters. The van der Waals surface area contributed by atoms with Gasteiger partial charge in [0.25, 0.3) is 0 Å². The third-order valence-electron chi connectivity index (χ3n) is 2.78. The number of benzene rings is 1. The average molecular weight is 225 g/mol. The molecule has 1 rings (SSSR count). The molecule has 2 nitrogen and oxygen atoms in total. The van der Waals surface area contributed by atoms with Crippen LogP contribution in [-0.4, -0.2) is 19.8 Å². The summed E-state index contributed by atoms with van der Waals surface area (Å²) in [7, 11) is 1.89. The van der Waals surface area contributed by atoms with Crippen LogP contribution in [0.1, 0.15) is 31.0 Å². The number of likely N-dealkylation sites (N-methyl/N-ethyl adjacent to an activating group) is 1. The molecule has 1 aromatic carbocycles. The van der Waals surface area contributed by atoms with Crippen molar-refractivity contribution >= 4 is 0 Å². The van der Waals surface area contributed by atoms with E-state index < -0.39 is 0 Å². The number of aryl methyl sites for hydroxylation is 1.